The third-order valence-corrected chi connectivity index (χ3v) is 6.52. The van der Waals surface area contributed by atoms with Crippen LogP contribution in [0.3, 0.4) is 0 Å². The van der Waals surface area contributed by atoms with Gasteiger partial charge in [-0.05, 0) is 46.8 Å². The molecule has 0 saturated heterocycles. The molecule has 0 aromatic rings. The lowest BCUT2D eigenvalue weighted by molar-refractivity contribution is 0.180. The lowest BCUT2D eigenvalue weighted by Crippen LogP contribution is -2.16. The van der Waals surface area contributed by atoms with E-state index in [0.29, 0.717) is 0 Å². The van der Waals surface area contributed by atoms with Gasteiger partial charge in [0.25, 0.3) is 0 Å². The predicted octanol–water partition coefficient (Wildman–Crippen LogP) is 7.36. The number of nitrogens with zero attached hydrogens (tertiary/aromatic N) is 1. The topological polar surface area (TPSA) is 23.5 Å². The fourth-order valence-corrected chi connectivity index (χ4v) is 4.19. The molecule has 26 heavy (non-hydrogen) atoms. The second kappa shape index (κ2) is 20.4. The first-order chi connectivity index (χ1) is 12.5. The molecule has 0 aliphatic heterocycles. The summed E-state index contributed by atoms with van der Waals surface area (Å²) in [5, 5.41) is 9.21. The monoisotopic (exact) mass is 481 g/mol. The first-order valence-corrected chi connectivity index (χ1v) is 12.7. The average Bonchev–Trinajstić information content (AvgIpc) is 2.59. The Bertz CT molecular complexity index is 271. The van der Waals surface area contributed by atoms with Crippen molar-refractivity contribution in [3.63, 3.8) is 0 Å². The fraction of sp³-hybridized carbons (Fsp3) is 1.00. The lowest BCUT2D eigenvalue weighted by atomic mass is 10.0. The second-order valence-electron chi connectivity index (χ2n) is 8.57. The van der Waals surface area contributed by atoms with Gasteiger partial charge in [-0.3, -0.25) is 0 Å². The highest BCUT2D eigenvalue weighted by Crippen LogP contribution is 2.17. The minimum absolute atomic E-state index is 0.105. The number of aliphatic hydroxyl groups excluding tert-OH is 1. The van der Waals surface area contributed by atoms with Gasteiger partial charge in [-0.25, -0.2) is 0 Å². The average molecular weight is 482 g/mol. The maximum absolute atomic E-state index is 9.21. The van der Waals surface area contributed by atoms with E-state index in [1.807, 2.05) is 6.92 Å². The van der Waals surface area contributed by atoms with Gasteiger partial charge in [0.15, 0.2) is 0 Å². The van der Waals surface area contributed by atoms with Crippen LogP contribution < -0.4 is 0 Å². The van der Waals surface area contributed by atoms with E-state index in [1.54, 1.807) is 0 Å². The van der Waals surface area contributed by atoms with Crippen LogP contribution in [-0.4, -0.2) is 40.7 Å². The Morgan fingerprint density at radius 1 is 0.615 bits per heavy atom. The number of hydrogen-bond donors (Lipinski definition) is 1. The van der Waals surface area contributed by atoms with Crippen LogP contribution >= 0.6 is 22.6 Å². The summed E-state index contributed by atoms with van der Waals surface area (Å²) < 4.78 is 0.869. The van der Waals surface area contributed by atoms with Crippen LogP contribution in [0.15, 0.2) is 0 Å². The van der Waals surface area contributed by atoms with E-state index in [9.17, 15) is 5.11 Å². The van der Waals surface area contributed by atoms with Gasteiger partial charge < -0.3 is 10.0 Å². The normalized spacial score (nSPS) is 14.1. The SMILES string of the molecule is CC(O)CCCCCCCCCCCCCCCCC(I)CCN(C)C. The summed E-state index contributed by atoms with van der Waals surface area (Å²) in [6, 6.07) is 0. The first-order valence-electron chi connectivity index (χ1n) is 11.5. The molecule has 0 rings (SSSR count). The first kappa shape index (κ1) is 26.6. The standard InChI is InChI=1S/C23H48INO/c1-22(26)18-16-14-12-10-8-6-4-5-7-9-11-13-15-17-19-23(24)20-21-25(2)3/h22-23,26H,4-21H2,1-3H3. The Balaban J connectivity index is 3.09. The summed E-state index contributed by atoms with van der Waals surface area (Å²) in [6.07, 6.45) is 23.3. The molecule has 0 aliphatic carbocycles. The number of aliphatic hydroxyl groups is 1. The molecule has 0 bridgehead atoms. The van der Waals surface area contributed by atoms with Crippen molar-refractivity contribution in [3.8, 4) is 0 Å². The van der Waals surface area contributed by atoms with Gasteiger partial charge in [-0.1, -0.05) is 112 Å². The van der Waals surface area contributed by atoms with Crippen molar-refractivity contribution < 1.29 is 5.11 Å². The molecule has 0 saturated carbocycles. The summed E-state index contributed by atoms with van der Waals surface area (Å²) in [5.41, 5.74) is 0. The molecule has 0 amide bonds. The largest absolute Gasteiger partial charge is 0.393 e. The quantitative estimate of drug-likeness (QED) is 0.112. The summed E-state index contributed by atoms with van der Waals surface area (Å²) in [6.45, 7) is 3.13. The predicted molar refractivity (Wildman–Crippen MR) is 127 cm³/mol. The van der Waals surface area contributed by atoms with Crippen LogP contribution in [0, 0.1) is 0 Å². The zero-order valence-corrected chi connectivity index (χ0v) is 20.3. The fourth-order valence-electron chi connectivity index (χ4n) is 3.47. The molecular formula is C23H48INO. The van der Waals surface area contributed by atoms with E-state index in [1.165, 1.54) is 109 Å². The Kier molecular flexibility index (Phi) is 20.9. The third-order valence-electron chi connectivity index (χ3n) is 5.28. The van der Waals surface area contributed by atoms with Gasteiger partial charge in [0, 0.05) is 3.92 Å². The molecule has 2 atom stereocenters. The van der Waals surface area contributed by atoms with E-state index >= 15 is 0 Å². The molecule has 0 aliphatic rings. The highest BCUT2D eigenvalue weighted by Gasteiger charge is 2.04. The van der Waals surface area contributed by atoms with Crippen molar-refractivity contribution in [2.45, 2.75) is 126 Å². The lowest BCUT2D eigenvalue weighted by Gasteiger charge is -2.13. The smallest absolute Gasteiger partial charge is 0.0512 e. The van der Waals surface area contributed by atoms with E-state index in [4.69, 9.17) is 0 Å². The highest BCUT2D eigenvalue weighted by atomic mass is 127. The molecule has 2 unspecified atom stereocenters. The number of hydrogen-bond acceptors (Lipinski definition) is 2. The Labute approximate surface area is 179 Å². The molecule has 158 valence electrons. The highest BCUT2D eigenvalue weighted by molar-refractivity contribution is 14.1. The molecule has 1 N–H and O–H groups in total. The maximum Gasteiger partial charge on any atom is 0.0512 e. The summed E-state index contributed by atoms with van der Waals surface area (Å²) in [5.74, 6) is 0. The molecule has 2 nitrogen and oxygen atoms in total. The van der Waals surface area contributed by atoms with Crippen molar-refractivity contribution in [1.82, 2.24) is 4.90 Å². The Morgan fingerprint density at radius 2 is 0.962 bits per heavy atom. The molecule has 0 radical (unpaired) electrons. The molecule has 3 heteroatoms. The van der Waals surface area contributed by atoms with E-state index < -0.39 is 0 Å². The van der Waals surface area contributed by atoms with E-state index in [2.05, 4.69) is 41.6 Å². The van der Waals surface area contributed by atoms with E-state index in [-0.39, 0.29) is 6.10 Å². The zero-order chi connectivity index (χ0) is 19.5. The zero-order valence-electron chi connectivity index (χ0n) is 18.2. The Hall–Kier alpha value is 0.650. The maximum atomic E-state index is 9.21. The van der Waals surface area contributed by atoms with Crippen molar-refractivity contribution in [2.24, 2.45) is 0 Å². The van der Waals surface area contributed by atoms with Crippen LogP contribution in [0.4, 0.5) is 0 Å². The molecule has 0 aromatic carbocycles. The van der Waals surface area contributed by atoms with Crippen molar-refractivity contribution in [1.29, 1.82) is 0 Å². The van der Waals surface area contributed by atoms with Gasteiger partial charge in [0.2, 0.25) is 0 Å². The van der Waals surface area contributed by atoms with Crippen molar-refractivity contribution in [3.05, 3.63) is 0 Å². The summed E-state index contributed by atoms with van der Waals surface area (Å²) in [4.78, 5) is 2.30. The van der Waals surface area contributed by atoms with Crippen molar-refractivity contribution >= 4 is 22.6 Å². The third kappa shape index (κ3) is 22.7. The minimum atomic E-state index is -0.105. The number of halogens is 1. The van der Waals surface area contributed by atoms with Gasteiger partial charge in [0.05, 0.1) is 6.10 Å². The Morgan fingerprint density at radius 3 is 1.31 bits per heavy atom. The van der Waals surface area contributed by atoms with E-state index in [0.717, 1.165) is 10.3 Å². The number of rotatable bonds is 20. The molecule has 0 spiro atoms. The van der Waals surface area contributed by atoms with Crippen LogP contribution in [0.25, 0.3) is 0 Å². The molecule has 0 heterocycles. The molecular weight excluding hydrogens is 433 g/mol. The van der Waals surface area contributed by atoms with Crippen molar-refractivity contribution in [2.75, 3.05) is 20.6 Å². The van der Waals surface area contributed by atoms with Crippen LogP contribution in [0.1, 0.15) is 116 Å². The van der Waals surface area contributed by atoms with Crippen LogP contribution in [-0.2, 0) is 0 Å². The van der Waals surface area contributed by atoms with Gasteiger partial charge >= 0.3 is 0 Å². The van der Waals surface area contributed by atoms with Gasteiger partial charge in [-0.15, -0.1) is 0 Å². The summed E-state index contributed by atoms with van der Waals surface area (Å²) in [7, 11) is 4.34. The number of unbranched alkanes of at least 4 members (excludes halogenated alkanes) is 13. The minimum Gasteiger partial charge on any atom is -0.393 e. The second-order valence-corrected chi connectivity index (χ2v) is 10.3. The van der Waals surface area contributed by atoms with Crippen LogP contribution in [0.2, 0.25) is 0 Å². The summed E-state index contributed by atoms with van der Waals surface area (Å²) >= 11 is 2.64. The van der Waals surface area contributed by atoms with Crippen LogP contribution in [0.5, 0.6) is 0 Å². The van der Waals surface area contributed by atoms with Gasteiger partial charge in [-0.2, -0.15) is 0 Å². The van der Waals surface area contributed by atoms with Gasteiger partial charge in [0.1, 0.15) is 0 Å². The number of alkyl halides is 1. The molecule has 0 aromatic heterocycles. The molecule has 0 fully saturated rings.